The molecule has 0 spiro atoms. The molecule has 1 aliphatic rings. The summed E-state index contributed by atoms with van der Waals surface area (Å²) in [5.74, 6) is -0.686. The number of aryl methyl sites for hydroxylation is 1. The Morgan fingerprint density at radius 1 is 1.03 bits per heavy atom. The molecule has 36 heavy (non-hydrogen) atoms. The molecule has 0 fully saturated rings. The average molecular weight is 481 g/mol. The van der Waals surface area contributed by atoms with Crippen LogP contribution >= 0.6 is 0 Å². The molecule has 1 aromatic heterocycles. The first-order valence-electron chi connectivity index (χ1n) is 12.0. The minimum absolute atomic E-state index is 0.00973. The molecular weight excluding hydrogens is 455 g/mol. The van der Waals surface area contributed by atoms with Gasteiger partial charge in [-0.25, -0.2) is 4.39 Å². The van der Waals surface area contributed by atoms with Gasteiger partial charge in [-0.15, -0.1) is 0 Å². The monoisotopic (exact) mass is 480 g/mol. The number of hydrogen-bond acceptors (Lipinski definition) is 4. The van der Waals surface area contributed by atoms with Crippen LogP contribution in [0, 0.1) is 17.1 Å². The van der Waals surface area contributed by atoms with Crippen molar-refractivity contribution in [3.63, 3.8) is 0 Å². The Balaban J connectivity index is 1.39. The summed E-state index contributed by atoms with van der Waals surface area (Å²) in [7, 11) is 0. The lowest BCUT2D eigenvalue weighted by atomic mass is 9.98. The summed E-state index contributed by atoms with van der Waals surface area (Å²) in [5.41, 5.74) is 4.59. The van der Waals surface area contributed by atoms with E-state index in [-0.39, 0.29) is 18.2 Å². The number of fused-ring (bicyclic) bond motifs is 2. The zero-order chi connectivity index (χ0) is 25.1. The van der Waals surface area contributed by atoms with Gasteiger partial charge in [-0.05, 0) is 60.9 Å². The maximum absolute atomic E-state index is 13.5. The Bertz CT molecular complexity index is 1480. The first-order valence-corrected chi connectivity index (χ1v) is 12.0. The predicted molar refractivity (Wildman–Crippen MR) is 138 cm³/mol. The van der Waals surface area contributed by atoms with E-state index in [0.29, 0.717) is 29.8 Å². The highest BCUT2D eigenvalue weighted by Gasteiger charge is 2.24. The Morgan fingerprint density at radius 3 is 2.64 bits per heavy atom. The van der Waals surface area contributed by atoms with E-state index in [4.69, 9.17) is 5.26 Å². The van der Waals surface area contributed by atoms with Gasteiger partial charge in [-0.3, -0.25) is 9.59 Å². The number of nitriles is 1. The van der Waals surface area contributed by atoms with Crippen molar-refractivity contribution in [1.82, 2.24) is 4.57 Å². The van der Waals surface area contributed by atoms with E-state index in [9.17, 15) is 14.0 Å². The number of Topliss-reactive ketones (excluding diaryl/α,β-unsaturated/α-hetero) is 1. The second-order valence-electron chi connectivity index (χ2n) is 8.87. The number of carbonyl (C=O) groups excluding carboxylic acids is 2. The van der Waals surface area contributed by atoms with Crippen molar-refractivity contribution < 1.29 is 14.0 Å². The fourth-order valence-electron chi connectivity index (χ4n) is 4.86. The molecule has 1 amide bonds. The molecule has 0 atom stereocenters. The van der Waals surface area contributed by atoms with Crippen molar-refractivity contribution in [3.05, 3.63) is 95.4 Å². The topological polar surface area (TPSA) is 78.1 Å². The minimum Gasteiger partial charge on any atom is -0.364 e. The average Bonchev–Trinajstić information content (AvgIpc) is 3.27. The number of aromatic nitrogens is 1. The molecule has 5 rings (SSSR count). The van der Waals surface area contributed by atoms with Crippen LogP contribution in [-0.2, 0) is 13.0 Å². The van der Waals surface area contributed by atoms with Crippen LogP contribution in [-0.4, -0.2) is 29.3 Å². The fraction of sp³-hybridized carbons (Fsp3) is 0.207. The molecule has 0 unspecified atom stereocenters. The summed E-state index contributed by atoms with van der Waals surface area (Å²) >= 11 is 0. The van der Waals surface area contributed by atoms with Crippen LogP contribution in [0.4, 0.5) is 15.8 Å². The number of hydrogen-bond donors (Lipinski definition) is 1. The molecule has 2 heterocycles. The van der Waals surface area contributed by atoms with E-state index in [1.54, 1.807) is 0 Å². The second-order valence-corrected chi connectivity index (χ2v) is 8.87. The van der Waals surface area contributed by atoms with Gasteiger partial charge < -0.3 is 14.8 Å². The highest BCUT2D eigenvalue weighted by atomic mass is 19.1. The quantitative estimate of drug-likeness (QED) is 0.350. The van der Waals surface area contributed by atoms with Crippen molar-refractivity contribution in [1.29, 1.82) is 5.26 Å². The summed E-state index contributed by atoms with van der Waals surface area (Å²) in [6, 6.07) is 21.1. The molecular formula is C29H25FN4O2. The van der Waals surface area contributed by atoms with Crippen molar-refractivity contribution in [2.24, 2.45) is 0 Å². The summed E-state index contributed by atoms with van der Waals surface area (Å²) < 4.78 is 15.2. The second kappa shape index (κ2) is 10.0. The lowest BCUT2D eigenvalue weighted by Crippen LogP contribution is -2.34. The van der Waals surface area contributed by atoms with Crippen LogP contribution < -0.4 is 10.2 Å². The number of ketones is 1. The van der Waals surface area contributed by atoms with E-state index in [0.717, 1.165) is 41.5 Å². The first-order chi connectivity index (χ1) is 17.5. The molecule has 0 radical (unpaired) electrons. The zero-order valence-corrected chi connectivity index (χ0v) is 19.7. The number of nitrogens with zero attached hydrogens (tertiary/aromatic N) is 3. The standard InChI is InChI=1S/C29H25FN4O2/c30-21-13-11-20(12-14-21)29(36)32-25-8-3-10-27-23(25)7-4-16-34(27)19-28(35)24-18-33(17-5-15-31)26-9-2-1-6-22(24)26/h1-3,6,8-14,18H,4-5,7,16-17,19H2,(H,32,36). The third-order valence-corrected chi connectivity index (χ3v) is 6.59. The van der Waals surface area contributed by atoms with Gasteiger partial charge in [0.05, 0.1) is 19.0 Å². The SMILES string of the molecule is N#CCCn1cc(C(=O)CN2CCCc3c(NC(=O)c4ccc(F)cc4)cccc32)c2ccccc21. The third-order valence-electron chi connectivity index (χ3n) is 6.59. The maximum atomic E-state index is 13.5. The van der Waals surface area contributed by atoms with Crippen molar-refractivity contribution in [2.45, 2.75) is 25.8 Å². The van der Waals surface area contributed by atoms with Crippen molar-refractivity contribution >= 4 is 34.0 Å². The van der Waals surface area contributed by atoms with Gasteiger partial charge in [-0.2, -0.15) is 5.26 Å². The summed E-state index contributed by atoms with van der Waals surface area (Å²) in [5, 5.41) is 12.8. The molecule has 0 bridgehead atoms. The van der Waals surface area contributed by atoms with E-state index in [1.807, 2.05) is 53.2 Å². The van der Waals surface area contributed by atoms with Gasteiger partial charge in [0.1, 0.15) is 5.82 Å². The smallest absolute Gasteiger partial charge is 0.255 e. The molecule has 0 aliphatic carbocycles. The van der Waals surface area contributed by atoms with E-state index in [2.05, 4.69) is 16.3 Å². The lowest BCUT2D eigenvalue weighted by molar-refractivity contribution is 0.0997. The number of rotatable bonds is 7. The predicted octanol–water partition coefficient (Wildman–Crippen LogP) is 5.58. The lowest BCUT2D eigenvalue weighted by Gasteiger charge is -2.32. The van der Waals surface area contributed by atoms with Crippen LogP contribution in [0.5, 0.6) is 0 Å². The van der Waals surface area contributed by atoms with E-state index in [1.165, 1.54) is 24.3 Å². The summed E-state index contributed by atoms with van der Waals surface area (Å²) in [6.07, 6.45) is 3.87. The van der Waals surface area contributed by atoms with Crippen LogP contribution in [0.25, 0.3) is 10.9 Å². The van der Waals surface area contributed by atoms with Gasteiger partial charge in [-0.1, -0.05) is 24.3 Å². The largest absolute Gasteiger partial charge is 0.364 e. The highest BCUT2D eigenvalue weighted by Crippen LogP contribution is 2.33. The van der Waals surface area contributed by atoms with Crippen LogP contribution in [0.3, 0.4) is 0 Å². The number of benzene rings is 3. The molecule has 7 heteroatoms. The third kappa shape index (κ3) is 4.58. The Hall–Kier alpha value is -4.44. The Morgan fingerprint density at radius 2 is 1.83 bits per heavy atom. The number of carbonyl (C=O) groups is 2. The Kier molecular flexibility index (Phi) is 6.50. The molecule has 4 aromatic rings. The summed E-state index contributed by atoms with van der Waals surface area (Å²) in [4.78, 5) is 28.3. The molecule has 6 nitrogen and oxygen atoms in total. The number of nitrogens with one attached hydrogen (secondary N) is 1. The zero-order valence-electron chi connectivity index (χ0n) is 19.7. The minimum atomic E-state index is -0.392. The Labute approximate surface area is 208 Å². The summed E-state index contributed by atoms with van der Waals surface area (Å²) in [6.45, 7) is 1.49. The molecule has 180 valence electrons. The van der Waals surface area contributed by atoms with Gasteiger partial charge in [0.25, 0.3) is 5.91 Å². The van der Waals surface area contributed by atoms with Crippen molar-refractivity contribution in [3.8, 4) is 6.07 Å². The van der Waals surface area contributed by atoms with Crippen LogP contribution in [0.2, 0.25) is 0 Å². The maximum Gasteiger partial charge on any atom is 0.255 e. The fourth-order valence-corrected chi connectivity index (χ4v) is 4.86. The normalized spacial score (nSPS) is 12.7. The molecule has 0 saturated heterocycles. The molecule has 0 saturated carbocycles. The van der Waals surface area contributed by atoms with Crippen LogP contribution in [0.15, 0.2) is 72.9 Å². The van der Waals surface area contributed by atoms with Gasteiger partial charge in [0.15, 0.2) is 5.78 Å². The number of anilines is 2. The van der Waals surface area contributed by atoms with Crippen LogP contribution in [0.1, 0.15) is 39.1 Å². The highest BCUT2D eigenvalue weighted by molar-refractivity contribution is 6.10. The van der Waals surface area contributed by atoms with Crippen molar-refractivity contribution in [2.75, 3.05) is 23.3 Å². The molecule has 1 N–H and O–H groups in total. The van der Waals surface area contributed by atoms with E-state index >= 15 is 0 Å². The number of para-hydroxylation sites is 1. The van der Waals surface area contributed by atoms with E-state index < -0.39 is 5.82 Å². The number of halogens is 1. The van der Waals surface area contributed by atoms with Gasteiger partial charge >= 0.3 is 0 Å². The molecule has 1 aliphatic heterocycles. The first kappa shape index (κ1) is 23.3. The molecule has 3 aromatic carbocycles. The van der Waals surface area contributed by atoms with Gasteiger partial charge in [0.2, 0.25) is 0 Å². The van der Waals surface area contributed by atoms with Gasteiger partial charge in [0, 0.05) is 52.7 Å². The number of amides is 1.